The summed E-state index contributed by atoms with van der Waals surface area (Å²) in [4.78, 5) is 1.50. The van der Waals surface area contributed by atoms with Crippen molar-refractivity contribution >= 4 is 27.3 Å². The number of thiophene rings is 1. The minimum atomic E-state index is 0.565. The van der Waals surface area contributed by atoms with Crippen molar-refractivity contribution in [1.29, 1.82) is 0 Å². The quantitative estimate of drug-likeness (QED) is 0.694. The highest BCUT2D eigenvalue weighted by Crippen LogP contribution is 2.40. The van der Waals surface area contributed by atoms with Crippen LogP contribution in [0.15, 0.2) is 15.9 Å². The molecule has 1 atom stereocenters. The van der Waals surface area contributed by atoms with Crippen LogP contribution in [-0.4, -0.2) is 12.6 Å². The van der Waals surface area contributed by atoms with Gasteiger partial charge < -0.3 is 5.32 Å². The van der Waals surface area contributed by atoms with E-state index in [1.54, 1.807) is 0 Å². The van der Waals surface area contributed by atoms with Crippen molar-refractivity contribution in [1.82, 2.24) is 5.32 Å². The molecule has 1 aromatic rings. The third kappa shape index (κ3) is 4.57. The number of nitrogens with one attached hydrogen (secondary N) is 1. The van der Waals surface area contributed by atoms with Gasteiger partial charge in [-0.2, -0.15) is 0 Å². The van der Waals surface area contributed by atoms with Gasteiger partial charge in [0.15, 0.2) is 0 Å². The Morgan fingerprint density at radius 1 is 1.40 bits per heavy atom. The second-order valence-electron chi connectivity index (χ2n) is 6.96. The van der Waals surface area contributed by atoms with Crippen molar-refractivity contribution in [2.75, 3.05) is 6.54 Å². The van der Waals surface area contributed by atoms with E-state index in [1.165, 1.54) is 47.9 Å². The highest BCUT2D eigenvalue weighted by Gasteiger charge is 2.31. The molecule has 1 fully saturated rings. The van der Waals surface area contributed by atoms with Crippen LogP contribution >= 0.6 is 27.3 Å². The molecule has 0 amide bonds. The van der Waals surface area contributed by atoms with Gasteiger partial charge >= 0.3 is 0 Å². The molecule has 1 unspecified atom stereocenters. The van der Waals surface area contributed by atoms with Crippen LogP contribution in [0.25, 0.3) is 0 Å². The third-order valence-corrected chi connectivity index (χ3v) is 6.65. The van der Waals surface area contributed by atoms with Gasteiger partial charge in [0.05, 0.1) is 0 Å². The Labute approximate surface area is 136 Å². The van der Waals surface area contributed by atoms with E-state index >= 15 is 0 Å². The first-order valence-corrected chi connectivity index (χ1v) is 9.64. The number of rotatable bonds is 6. The summed E-state index contributed by atoms with van der Waals surface area (Å²) in [5.74, 6) is 0.851. The highest BCUT2D eigenvalue weighted by molar-refractivity contribution is 9.10. The van der Waals surface area contributed by atoms with Crippen LogP contribution in [0.4, 0.5) is 0 Å². The van der Waals surface area contributed by atoms with Crippen molar-refractivity contribution in [2.24, 2.45) is 11.3 Å². The lowest BCUT2D eigenvalue weighted by molar-refractivity contribution is 0.161. The fourth-order valence-electron chi connectivity index (χ4n) is 3.23. The van der Waals surface area contributed by atoms with Crippen LogP contribution in [0.5, 0.6) is 0 Å². The zero-order valence-corrected chi connectivity index (χ0v) is 15.4. The Morgan fingerprint density at radius 3 is 2.65 bits per heavy atom. The summed E-state index contributed by atoms with van der Waals surface area (Å²) in [7, 11) is 0. The lowest BCUT2D eigenvalue weighted by Gasteiger charge is -2.38. The molecule has 1 aromatic heterocycles. The van der Waals surface area contributed by atoms with Gasteiger partial charge in [0.1, 0.15) is 0 Å². The molecule has 0 bridgehead atoms. The predicted molar refractivity (Wildman–Crippen MR) is 93.5 cm³/mol. The predicted octanol–water partition coefficient (Wildman–Crippen LogP) is 5.64. The summed E-state index contributed by atoms with van der Waals surface area (Å²) in [6.07, 6.45) is 7.94. The highest BCUT2D eigenvalue weighted by atomic mass is 79.9. The van der Waals surface area contributed by atoms with Gasteiger partial charge in [0, 0.05) is 15.4 Å². The number of hydrogen-bond acceptors (Lipinski definition) is 2. The topological polar surface area (TPSA) is 12.0 Å². The average Bonchev–Trinajstić information content (AvgIpc) is 2.80. The van der Waals surface area contributed by atoms with E-state index < -0.39 is 0 Å². The first kappa shape index (κ1) is 16.5. The van der Waals surface area contributed by atoms with Crippen LogP contribution in [0.1, 0.15) is 57.8 Å². The van der Waals surface area contributed by atoms with Crippen LogP contribution in [0.2, 0.25) is 0 Å². The molecule has 1 N–H and O–H groups in total. The van der Waals surface area contributed by atoms with Gasteiger partial charge in [0.2, 0.25) is 0 Å². The van der Waals surface area contributed by atoms with Crippen LogP contribution in [0.3, 0.4) is 0 Å². The molecule has 1 saturated carbocycles. The smallest absolute Gasteiger partial charge is 0.0314 e. The zero-order valence-electron chi connectivity index (χ0n) is 13.0. The lowest BCUT2D eigenvalue weighted by atomic mass is 9.70. The zero-order chi connectivity index (χ0) is 14.6. The van der Waals surface area contributed by atoms with Crippen molar-refractivity contribution < 1.29 is 0 Å². The molecule has 1 nitrogen and oxygen atoms in total. The van der Waals surface area contributed by atoms with E-state index in [1.807, 2.05) is 11.3 Å². The largest absolute Gasteiger partial charge is 0.313 e. The maximum absolute atomic E-state index is 3.82. The van der Waals surface area contributed by atoms with Gasteiger partial charge in [-0.3, -0.25) is 0 Å². The van der Waals surface area contributed by atoms with Gasteiger partial charge in [-0.15, -0.1) is 11.3 Å². The normalized spacial score (nSPS) is 21.0. The molecular formula is C17H28BrNS. The first-order chi connectivity index (χ1) is 9.52. The molecule has 20 heavy (non-hydrogen) atoms. The standard InChI is InChI=1S/C17H28BrNS/c1-4-10-19-15(12-16-14(18)7-11-20-16)13-5-8-17(2,3)9-6-13/h7,11,13,15,19H,4-6,8-10,12H2,1-3H3. The Morgan fingerprint density at radius 2 is 2.10 bits per heavy atom. The molecular weight excluding hydrogens is 330 g/mol. The number of halogens is 1. The van der Waals surface area contributed by atoms with Crippen molar-refractivity contribution in [3.63, 3.8) is 0 Å². The van der Waals surface area contributed by atoms with E-state index in [4.69, 9.17) is 0 Å². The Balaban J connectivity index is 1.98. The molecule has 0 spiro atoms. The molecule has 2 rings (SSSR count). The monoisotopic (exact) mass is 357 g/mol. The number of hydrogen-bond donors (Lipinski definition) is 1. The second-order valence-corrected chi connectivity index (χ2v) is 8.81. The van der Waals surface area contributed by atoms with Gasteiger partial charge in [-0.05, 0) is 83.8 Å². The minimum absolute atomic E-state index is 0.565. The van der Waals surface area contributed by atoms with E-state index in [9.17, 15) is 0 Å². The fraction of sp³-hybridized carbons (Fsp3) is 0.765. The molecule has 1 aliphatic carbocycles. The summed E-state index contributed by atoms with van der Waals surface area (Å²) in [5, 5.41) is 6.01. The van der Waals surface area contributed by atoms with E-state index in [2.05, 4.69) is 53.5 Å². The second kappa shape index (κ2) is 7.42. The molecule has 0 radical (unpaired) electrons. The molecule has 1 aliphatic rings. The van der Waals surface area contributed by atoms with Crippen molar-refractivity contribution in [2.45, 2.75) is 65.3 Å². The van der Waals surface area contributed by atoms with E-state index in [-0.39, 0.29) is 0 Å². The summed E-state index contributed by atoms with van der Waals surface area (Å²) in [6.45, 7) is 8.25. The molecule has 1 heterocycles. The maximum atomic E-state index is 3.82. The molecule has 0 aliphatic heterocycles. The summed E-state index contributed by atoms with van der Waals surface area (Å²) >= 11 is 5.58. The van der Waals surface area contributed by atoms with Gasteiger partial charge in [-0.1, -0.05) is 20.8 Å². The summed E-state index contributed by atoms with van der Waals surface area (Å²) in [6, 6.07) is 2.84. The van der Waals surface area contributed by atoms with Gasteiger partial charge in [-0.25, -0.2) is 0 Å². The molecule has 114 valence electrons. The summed E-state index contributed by atoms with van der Waals surface area (Å²) in [5.41, 5.74) is 0.565. The van der Waals surface area contributed by atoms with Crippen molar-refractivity contribution in [3.8, 4) is 0 Å². The van der Waals surface area contributed by atoms with Gasteiger partial charge in [0.25, 0.3) is 0 Å². The lowest BCUT2D eigenvalue weighted by Crippen LogP contribution is -2.41. The maximum Gasteiger partial charge on any atom is 0.0314 e. The summed E-state index contributed by atoms with van der Waals surface area (Å²) < 4.78 is 1.29. The third-order valence-electron chi connectivity index (χ3n) is 4.71. The van der Waals surface area contributed by atoms with Crippen LogP contribution in [-0.2, 0) is 6.42 Å². The fourth-order valence-corrected chi connectivity index (χ4v) is 4.80. The van der Waals surface area contributed by atoms with Crippen LogP contribution in [0, 0.1) is 11.3 Å². The SMILES string of the molecule is CCCNC(Cc1sccc1Br)C1CCC(C)(C)CC1. The van der Waals surface area contributed by atoms with Crippen molar-refractivity contribution in [3.05, 3.63) is 20.8 Å². The molecule has 3 heteroatoms. The van der Waals surface area contributed by atoms with Crippen LogP contribution < -0.4 is 5.32 Å². The molecule has 0 saturated heterocycles. The Bertz CT molecular complexity index is 403. The Hall–Kier alpha value is 0.140. The average molecular weight is 358 g/mol. The molecule has 0 aromatic carbocycles. The minimum Gasteiger partial charge on any atom is -0.313 e. The van der Waals surface area contributed by atoms with E-state index in [0.717, 1.165) is 12.5 Å². The van der Waals surface area contributed by atoms with E-state index in [0.29, 0.717) is 11.5 Å². The first-order valence-electron chi connectivity index (χ1n) is 7.97. The Kier molecular flexibility index (Phi) is 6.12.